The lowest BCUT2D eigenvalue weighted by molar-refractivity contribution is 0.317. The van der Waals surface area contributed by atoms with Crippen LogP contribution in [0.2, 0.25) is 0 Å². The molecule has 0 radical (unpaired) electrons. The summed E-state index contributed by atoms with van der Waals surface area (Å²) in [5, 5.41) is 4.06. The van der Waals surface area contributed by atoms with Crippen molar-refractivity contribution in [2.45, 2.75) is 19.9 Å². The molecule has 0 fully saturated rings. The van der Waals surface area contributed by atoms with Crippen molar-refractivity contribution in [1.29, 1.82) is 0 Å². The highest BCUT2D eigenvalue weighted by atomic mass is 16.5. The van der Waals surface area contributed by atoms with Gasteiger partial charge in [0.15, 0.2) is 0 Å². The number of ether oxygens (including phenoxy) is 1. The van der Waals surface area contributed by atoms with E-state index < -0.39 is 0 Å². The Kier molecular flexibility index (Phi) is 4.33. The molecule has 0 unspecified atom stereocenters. The van der Waals surface area contributed by atoms with E-state index in [2.05, 4.69) is 24.4 Å². The van der Waals surface area contributed by atoms with E-state index in [-0.39, 0.29) is 0 Å². The van der Waals surface area contributed by atoms with E-state index in [1.807, 2.05) is 19.2 Å². The average Bonchev–Trinajstić information content (AvgIpc) is 2.17. The maximum Gasteiger partial charge on any atom is 0.119 e. The highest BCUT2D eigenvalue weighted by Crippen LogP contribution is 2.13. The smallest absolute Gasteiger partial charge is 0.119 e. The van der Waals surface area contributed by atoms with Gasteiger partial charge < -0.3 is 10.1 Å². The van der Waals surface area contributed by atoms with Crippen molar-refractivity contribution < 1.29 is 4.74 Å². The van der Waals surface area contributed by atoms with E-state index in [0.29, 0.717) is 0 Å². The first-order valence-electron chi connectivity index (χ1n) is 4.64. The van der Waals surface area contributed by atoms with Crippen LogP contribution in [0.25, 0.3) is 5.32 Å². The topological polar surface area (TPSA) is 23.3 Å². The van der Waals surface area contributed by atoms with E-state index in [1.165, 1.54) is 5.56 Å². The second-order valence-corrected chi connectivity index (χ2v) is 2.97. The first kappa shape index (κ1) is 10.1. The Balaban J connectivity index is 2.48. The molecule has 72 valence electrons. The molecule has 0 aliphatic carbocycles. The van der Waals surface area contributed by atoms with E-state index in [0.717, 1.165) is 25.3 Å². The molecule has 0 aromatic heterocycles. The van der Waals surface area contributed by atoms with Crippen LogP contribution in [0.15, 0.2) is 24.3 Å². The van der Waals surface area contributed by atoms with Crippen LogP contribution in [0.5, 0.6) is 5.75 Å². The molecular formula is C11H16NO-. The summed E-state index contributed by atoms with van der Waals surface area (Å²) in [6, 6.07) is 8.10. The van der Waals surface area contributed by atoms with Crippen LogP contribution < -0.4 is 4.74 Å². The Labute approximate surface area is 79.9 Å². The lowest BCUT2D eigenvalue weighted by atomic mass is 10.2. The minimum atomic E-state index is 0.786. The molecule has 1 rings (SSSR count). The molecule has 13 heavy (non-hydrogen) atoms. The van der Waals surface area contributed by atoms with Crippen LogP contribution in [-0.2, 0) is 6.54 Å². The molecule has 0 bridgehead atoms. The van der Waals surface area contributed by atoms with Gasteiger partial charge in [-0.25, -0.2) is 0 Å². The van der Waals surface area contributed by atoms with Gasteiger partial charge in [-0.05, 0) is 18.6 Å². The second-order valence-electron chi connectivity index (χ2n) is 2.97. The zero-order valence-electron chi connectivity index (χ0n) is 8.29. The summed E-state index contributed by atoms with van der Waals surface area (Å²) in [6.07, 6.45) is 1.05. The standard InChI is InChI=1S/C11H16NO/c1-3-8-13-11-6-4-10(5-7-11)9-12-2/h4-7H,3,8-9H2,1-2H3/q-1. The minimum Gasteiger partial charge on any atom is -0.661 e. The summed E-state index contributed by atoms with van der Waals surface area (Å²) in [4.78, 5) is 0. The third-order valence-corrected chi connectivity index (χ3v) is 1.74. The molecule has 0 saturated heterocycles. The van der Waals surface area contributed by atoms with Gasteiger partial charge in [0.25, 0.3) is 0 Å². The van der Waals surface area contributed by atoms with Crippen molar-refractivity contribution in [2.24, 2.45) is 0 Å². The molecule has 0 aliphatic rings. The highest BCUT2D eigenvalue weighted by molar-refractivity contribution is 5.28. The first-order valence-corrected chi connectivity index (χ1v) is 4.64. The summed E-state index contributed by atoms with van der Waals surface area (Å²) < 4.78 is 5.46. The van der Waals surface area contributed by atoms with Crippen LogP contribution in [0.4, 0.5) is 0 Å². The Bertz CT molecular complexity index is 230. The van der Waals surface area contributed by atoms with Crippen LogP contribution in [0.1, 0.15) is 18.9 Å². The van der Waals surface area contributed by atoms with Gasteiger partial charge in [0.05, 0.1) is 6.61 Å². The van der Waals surface area contributed by atoms with Crippen molar-refractivity contribution in [1.82, 2.24) is 0 Å². The molecule has 0 atom stereocenters. The molecule has 0 spiro atoms. The normalized spacial score (nSPS) is 10.0. The third-order valence-electron chi connectivity index (χ3n) is 1.74. The van der Waals surface area contributed by atoms with Crippen LogP contribution >= 0.6 is 0 Å². The molecule has 1 aromatic rings. The maximum atomic E-state index is 5.46. The molecule has 0 amide bonds. The lowest BCUT2D eigenvalue weighted by Crippen LogP contribution is -1.94. The van der Waals surface area contributed by atoms with Crippen LogP contribution in [0, 0.1) is 0 Å². The quantitative estimate of drug-likeness (QED) is 0.679. The van der Waals surface area contributed by atoms with Gasteiger partial charge in [-0.15, -0.1) is 6.54 Å². The van der Waals surface area contributed by atoms with Crippen LogP contribution in [0.3, 0.4) is 0 Å². The van der Waals surface area contributed by atoms with E-state index in [9.17, 15) is 0 Å². The monoisotopic (exact) mass is 178 g/mol. The Morgan fingerprint density at radius 2 is 1.92 bits per heavy atom. The molecule has 2 nitrogen and oxygen atoms in total. The van der Waals surface area contributed by atoms with Crippen molar-refractivity contribution in [3.05, 3.63) is 35.1 Å². The van der Waals surface area contributed by atoms with Gasteiger partial charge in [-0.3, -0.25) is 0 Å². The first-order chi connectivity index (χ1) is 6.36. The summed E-state index contributed by atoms with van der Waals surface area (Å²) in [5.74, 6) is 0.946. The van der Waals surface area contributed by atoms with Gasteiger partial charge in [0, 0.05) is 0 Å². The van der Waals surface area contributed by atoms with Gasteiger partial charge >= 0.3 is 0 Å². The molecule has 0 heterocycles. The van der Waals surface area contributed by atoms with Gasteiger partial charge in [-0.1, -0.05) is 24.6 Å². The van der Waals surface area contributed by atoms with Crippen molar-refractivity contribution in [3.8, 4) is 5.75 Å². The van der Waals surface area contributed by atoms with Crippen molar-refractivity contribution in [2.75, 3.05) is 13.7 Å². The number of hydrogen-bond acceptors (Lipinski definition) is 1. The summed E-state index contributed by atoms with van der Waals surface area (Å²) in [5.41, 5.74) is 1.23. The average molecular weight is 178 g/mol. The number of nitrogens with zero attached hydrogens (tertiary/aromatic N) is 1. The van der Waals surface area contributed by atoms with Crippen molar-refractivity contribution in [3.63, 3.8) is 0 Å². The number of rotatable bonds is 5. The molecule has 2 heteroatoms. The summed E-state index contributed by atoms with van der Waals surface area (Å²) >= 11 is 0. The van der Waals surface area contributed by atoms with Gasteiger partial charge in [0.2, 0.25) is 0 Å². The zero-order chi connectivity index (χ0) is 9.52. The molecule has 1 aromatic carbocycles. The predicted octanol–water partition coefficient (Wildman–Crippen LogP) is 2.98. The number of benzene rings is 1. The molecule has 0 N–H and O–H groups in total. The Morgan fingerprint density at radius 3 is 2.46 bits per heavy atom. The molecular weight excluding hydrogens is 162 g/mol. The SMILES string of the molecule is CCCOc1ccc(C[N-]C)cc1. The molecule has 0 aliphatic heterocycles. The Hall–Kier alpha value is -1.02. The summed E-state index contributed by atoms with van der Waals surface area (Å²) in [6.45, 7) is 3.68. The fraction of sp³-hybridized carbons (Fsp3) is 0.455. The van der Waals surface area contributed by atoms with Crippen molar-refractivity contribution >= 4 is 0 Å². The Morgan fingerprint density at radius 1 is 1.23 bits per heavy atom. The van der Waals surface area contributed by atoms with E-state index >= 15 is 0 Å². The third kappa shape index (κ3) is 3.47. The predicted molar refractivity (Wildman–Crippen MR) is 55.2 cm³/mol. The highest BCUT2D eigenvalue weighted by Gasteiger charge is 1.91. The van der Waals surface area contributed by atoms with Gasteiger partial charge in [0.1, 0.15) is 5.75 Å². The molecule has 0 saturated carbocycles. The maximum absolute atomic E-state index is 5.46. The summed E-state index contributed by atoms with van der Waals surface area (Å²) in [7, 11) is 1.82. The fourth-order valence-corrected chi connectivity index (χ4v) is 1.09. The van der Waals surface area contributed by atoms with Crippen LogP contribution in [-0.4, -0.2) is 13.7 Å². The van der Waals surface area contributed by atoms with E-state index in [1.54, 1.807) is 0 Å². The minimum absolute atomic E-state index is 0.786. The largest absolute Gasteiger partial charge is 0.661 e. The number of hydrogen-bond donors (Lipinski definition) is 0. The fourth-order valence-electron chi connectivity index (χ4n) is 1.09. The lowest BCUT2D eigenvalue weighted by Gasteiger charge is -2.11. The second kappa shape index (κ2) is 5.60. The van der Waals surface area contributed by atoms with E-state index in [4.69, 9.17) is 4.74 Å². The zero-order valence-corrected chi connectivity index (χ0v) is 8.29. The van der Waals surface area contributed by atoms with Gasteiger partial charge in [-0.2, -0.15) is 7.05 Å².